The molecule has 0 radical (unpaired) electrons. The van der Waals surface area contributed by atoms with Crippen molar-refractivity contribution in [2.75, 3.05) is 0 Å². The lowest BCUT2D eigenvalue weighted by Crippen LogP contribution is -2.09. The van der Waals surface area contributed by atoms with Gasteiger partial charge in [0.05, 0.1) is 4.47 Å². The highest BCUT2D eigenvalue weighted by Crippen LogP contribution is 2.21. The predicted molar refractivity (Wildman–Crippen MR) is 63.2 cm³/mol. The molecule has 80 valence electrons. The molecule has 0 bridgehead atoms. The monoisotopic (exact) mass is 281 g/mol. The van der Waals surface area contributed by atoms with E-state index in [1.807, 2.05) is 6.07 Å². The second-order valence-electron chi connectivity index (χ2n) is 3.07. The van der Waals surface area contributed by atoms with Gasteiger partial charge in [0.1, 0.15) is 5.82 Å². The van der Waals surface area contributed by atoms with E-state index in [-0.39, 0.29) is 24.3 Å². The van der Waals surface area contributed by atoms with E-state index in [1.54, 1.807) is 6.07 Å². The first kappa shape index (κ1) is 13.9. The Kier molecular flexibility index (Phi) is 6.33. The summed E-state index contributed by atoms with van der Waals surface area (Å²) in [5.41, 5.74) is 6.71. The Hall–Kier alpha value is -0.120. The van der Waals surface area contributed by atoms with Crippen LogP contribution in [0.4, 0.5) is 4.39 Å². The maximum Gasteiger partial charge on any atom is 0.137 e. The second-order valence-corrected chi connectivity index (χ2v) is 3.92. The molecule has 1 aromatic rings. The van der Waals surface area contributed by atoms with Crippen LogP contribution in [0.15, 0.2) is 22.7 Å². The van der Waals surface area contributed by atoms with Crippen molar-refractivity contribution in [2.24, 2.45) is 5.73 Å². The number of hydrogen-bond acceptors (Lipinski definition) is 1. The first-order valence-corrected chi connectivity index (χ1v) is 5.15. The zero-order valence-corrected chi connectivity index (χ0v) is 10.4. The minimum absolute atomic E-state index is 0. The molecular weight excluding hydrogens is 268 g/mol. The number of halogens is 3. The van der Waals surface area contributed by atoms with Gasteiger partial charge in [-0.2, -0.15) is 0 Å². The quantitative estimate of drug-likeness (QED) is 0.896. The van der Waals surface area contributed by atoms with Crippen molar-refractivity contribution < 1.29 is 4.39 Å². The molecule has 1 atom stereocenters. The third-order valence-electron chi connectivity index (χ3n) is 1.97. The average molecular weight is 283 g/mol. The Morgan fingerprint density at radius 2 is 2.14 bits per heavy atom. The highest BCUT2D eigenvalue weighted by Gasteiger charge is 2.07. The molecule has 0 saturated heterocycles. The summed E-state index contributed by atoms with van der Waals surface area (Å²) < 4.78 is 13.6. The van der Waals surface area contributed by atoms with E-state index in [4.69, 9.17) is 5.73 Å². The van der Waals surface area contributed by atoms with Crippen molar-refractivity contribution in [3.8, 4) is 0 Å². The Balaban J connectivity index is 0.00000169. The van der Waals surface area contributed by atoms with Crippen molar-refractivity contribution in [3.05, 3.63) is 34.1 Å². The van der Waals surface area contributed by atoms with Crippen molar-refractivity contribution >= 4 is 28.3 Å². The highest BCUT2D eigenvalue weighted by molar-refractivity contribution is 9.10. The van der Waals surface area contributed by atoms with Gasteiger partial charge in [0, 0.05) is 6.04 Å². The van der Waals surface area contributed by atoms with Crippen LogP contribution in [0, 0.1) is 5.82 Å². The highest BCUT2D eigenvalue weighted by atomic mass is 79.9. The van der Waals surface area contributed by atoms with Gasteiger partial charge in [-0.05, 0) is 40.0 Å². The van der Waals surface area contributed by atoms with E-state index < -0.39 is 0 Å². The molecule has 1 aromatic carbocycles. The van der Waals surface area contributed by atoms with Gasteiger partial charge in [-0.1, -0.05) is 19.4 Å². The molecule has 0 saturated carbocycles. The second kappa shape index (κ2) is 6.38. The molecule has 2 N–H and O–H groups in total. The van der Waals surface area contributed by atoms with Gasteiger partial charge in [0.15, 0.2) is 0 Å². The topological polar surface area (TPSA) is 26.0 Å². The molecule has 0 aliphatic carbocycles. The largest absolute Gasteiger partial charge is 0.324 e. The fourth-order valence-electron chi connectivity index (χ4n) is 1.22. The molecule has 1 nitrogen and oxygen atoms in total. The molecule has 0 fully saturated rings. The van der Waals surface area contributed by atoms with E-state index in [0.717, 1.165) is 18.4 Å². The van der Waals surface area contributed by atoms with E-state index in [2.05, 4.69) is 22.9 Å². The van der Waals surface area contributed by atoms with Crippen LogP contribution in [0.1, 0.15) is 31.4 Å². The number of rotatable bonds is 3. The van der Waals surface area contributed by atoms with Crippen LogP contribution in [-0.2, 0) is 0 Å². The number of hydrogen-bond donors (Lipinski definition) is 1. The van der Waals surface area contributed by atoms with Crippen LogP contribution in [0.25, 0.3) is 0 Å². The molecule has 1 rings (SSSR count). The summed E-state index contributed by atoms with van der Waals surface area (Å²) in [6, 6.07) is 4.99. The summed E-state index contributed by atoms with van der Waals surface area (Å²) in [5, 5.41) is 0. The Labute approximate surface area is 98.4 Å². The van der Waals surface area contributed by atoms with Gasteiger partial charge < -0.3 is 5.73 Å². The maximum atomic E-state index is 13.1. The standard InChI is InChI=1S/C10H13BrFN.ClH/c1-2-3-10(13)7-4-5-8(11)9(12)6-7;/h4-6,10H,2-3,13H2,1H3;1H. The molecule has 1 unspecified atom stereocenters. The summed E-state index contributed by atoms with van der Waals surface area (Å²) >= 11 is 3.10. The molecule has 0 heterocycles. The lowest BCUT2D eigenvalue weighted by Gasteiger charge is -2.10. The number of benzene rings is 1. The Morgan fingerprint density at radius 3 is 2.64 bits per heavy atom. The van der Waals surface area contributed by atoms with Crippen LogP contribution < -0.4 is 5.73 Å². The smallest absolute Gasteiger partial charge is 0.137 e. The van der Waals surface area contributed by atoms with Crippen molar-refractivity contribution in [3.63, 3.8) is 0 Å². The summed E-state index contributed by atoms with van der Waals surface area (Å²) in [6.45, 7) is 2.06. The van der Waals surface area contributed by atoms with Gasteiger partial charge in [-0.15, -0.1) is 12.4 Å². The van der Waals surface area contributed by atoms with Crippen LogP contribution in [-0.4, -0.2) is 0 Å². The zero-order valence-electron chi connectivity index (χ0n) is 7.97. The van der Waals surface area contributed by atoms with E-state index in [0.29, 0.717) is 4.47 Å². The summed E-state index contributed by atoms with van der Waals surface area (Å²) in [5.74, 6) is -0.246. The van der Waals surface area contributed by atoms with Crippen molar-refractivity contribution in [1.29, 1.82) is 0 Å². The minimum Gasteiger partial charge on any atom is -0.324 e. The van der Waals surface area contributed by atoms with Crippen LogP contribution in [0.2, 0.25) is 0 Å². The SMILES string of the molecule is CCCC(N)c1ccc(Br)c(F)c1.Cl. The normalized spacial score (nSPS) is 12.0. The third-order valence-corrected chi connectivity index (χ3v) is 2.61. The number of nitrogens with two attached hydrogens (primary N) is 1. The van der Waals surface area contributed by atoms with Gasteiger partial charge in [0.2, 0.25) is 0 Å². The molecule has 0 aliphatic rings. The predicted octanol–water partition coefficient (Wildman–Crippen LogP) is 3.81. The molecule has 14 heavy (non-hydrogen) atoms. The van der Waals surface area contributed by atoms with Crippen LogP contribution >= 0.6 is 28.3 Å². The fraction of sp³-hybridized carbons (Fsp3) is 0.400. The molecule has 0 aliphatic heterocycles. The van der Waals surface area contributed by atoms with E-state index in [9.17, 15) is 4.39 Å². The summed E-state index contributed by atoms with van der Waals surface area (Å²) in [4.78, 5) is 0. The average Bonchev–Trinajstić information content (AvgIpc) is 2.10. The van der Waals surface area contributed by atoms with Gasteiger partial charge in [-0.25, -0.2) is 4.39 Å². The van der Waals surface area contributed by atoms with Crippen LogP contribution in [0.3, 0.4) is 0 Å². The van der Waals surface area contributed by atoms with Gasteiger partial charge in [-0.3, -0.25) is 0 Å². The van der Waals surface area contributed by atoms with Gasteiger partial charge >= 0.3 is 0 Å². The third kappa shape index (κ3) is 3.56. The minimum atomic E-state index is -0.246. The first-order chi connectivity index (χ1) is 6.15. The fourth-order valence-corrected chi connectivity index (χ4v) is 1.47. The Bertz CT molecular complexity index is 293. The molecule has 0 spiro atoms. The van der Waals surface area contributed by atoms with Crippen molar-refractivity contribution in [2.45, 2.75) is 25.8 Å². The lowest BCUT2D eigenvalue weighted by atomic mass is 10.0. The Morgan fingerprint density at radius 1 is 1.50 bits per heavy atom. The van der Waals surface area contributed by atoms with Crippen LogP contribution in [0.5, 0.6) is 0 Å². The maximum absolute atomic E-state index is 13.1. The summed E-state index contributed by atoms with van der Waals surface area (Å²) in [7, 11) is 0. The van der Waals surface area contributed by atoms with E-state index >= 15 is 0 Å². The molecular formula is C10H14BrClFN. The molecule has 0 aromatic heterocycles. The summed E-state index contributed by atoms with van der Waals surface area (Å²) in [6.07, 6.45) is 1.90. The lowest BCUT2D eigenvalue weighted by molar-refractivity contribution is 0.600. The first-order valence-electron chi connectivity index (χ1n) is 4.35. The van der Waals surface area contributed by atoms with Gasteiger partial charge in [0.25, 0.3) is 0 Å². The van der Waals surface area contributed by atoms with E-state index in [1.165, 1.54) is 6.07 Å². The van der Waals surface area contributed by atoms with Crippen molar-refractivity contribution in [1.82, 2.24) is 0 Å². The zero-order chi connectivity index (χ0) is 9.84. The molecule has 0 amide bonds. The molecule has 4 heteroatoms.